The molecule has 3 rings (SSSR count). The predicted molar refractivity (Wildman–Crippen MR) is 106 cm³/mol. The van der Waals surface area contributed by atoms with Gasteiger partial charge in [-0.1, -0.05) is 0 Å². The number of pyridine rings is 1. The molecule has 25 heavy (non-hydrogen) atoms. The van der Waals surface area contributed by atoms with E-state index in [-0.39, 0.29) is 21.7 Å². The van der Waals surface area contributed by atoms with Gasteiger partial charge in [0.1, 0.15) is 0 Å². The number of fused-ring (bicyclic) bond motifs is 1. The molecule has 0 aliphatic heterocycles. The zero-order valence-corrected chi connectivity index (χ0v) is 17.3. The Morgan fingerprint density at radius 2 is 1.88 bits per heavy atom. The quantitative estimate of drug-likeness (QED) is 0.339. The number of esters is 1. The molecule has 1 aromatic heterocycles. The number of methoxy groups -OCH3 is 1. The van der Waals surface area contributed by atoms with Crippen molar-refractivity contribution in [3.63, 3.8) is 0 Å². The second-order valence-electron chi connectivity index (χ2n) is 5.39. The Morgan fingerprint density at radius 1 is 1.08 bits per heavy atom. The van der Waals surface area contributed by atoms with Crippen LogP contribution in [-0.2, 0) is 9.53 Å². The third-order valence-corrected chi connectivity index (χ3v) is 6.99. The average molecular weight is 457 g/mol. The first-order valence-corrected chi connectivity index (χ1v) is 10.4. The molecule has 0 fully saturated rings. The van der Waals surface area contributed by atoms with Crippen LogP contribution in [0.1, 0.15) is 12.5 Å². The van der Waals surface area contributed by atoms with Crippen molar-refractivity contribution in [3.05, 3.63) is 75.2 Å². The van der Waals surface area contributed by atoms with Gasteiger partial charge < -0.3 is 0 Å². The van der Waals surface area contributed by atoms with E-state index in [2.05, 4.69) is 33.0 Å². The van der Waals surface area contributed by atoms with E-state index < -0.39 is 0 Å². The summed E-state index contributed by atoms with van der Waals surface area (Å²) in [5, 5.41) is 1.14. The third-order valence-electron chi connectivity index (χ3n) is 3.81. The topological polar surface area (TPSA) is 39.2 Å². The number of allylic oxidation sites excluding steroid dienone is 1. The van der Waals surface area contributed by atoms with E-state index in [1.807, 2.05) is 49.4 Å². The SMILES string of the molecule is COC(=O)C(=C(C)[As]c1cccc2ncccc12)c1ccccc1Br. The first kappa shape index (κ1) is 17.9. The molecule has 0 spiro atoms. The van der Waals surface area contributed by atoms with Gasteiger partial charge in [-0.05, 0) is 0 Å². The maximum absolute atomic E-state index is 12.5. The van der Waals surface area contributed by atoms with Gasteiger partial charge in [0, 0.05) is 0 Å². The molecular weight excluding hydrogens is 441 g/mol. The van der Waals surface area contributed by atoms with Gasteiger partial charge in [-0.3, -0.25) is 0 Å². The number of carbonyl (C=O) groups is 1. The van der Waals surface area contributed by atoms with Crippen LogP contribution in [0, 0.1) is 0 Å². The molecule has 3 nitrogen and oxygen atoms in total. The Morgan fingerprint density at radius 3 is 2.64 bits per heavy atom. The third kappa shape index (κ3) is 3.86. The summed E-state index contributed by atoms with van der Waals surface area (Å²) in [6, 6.07) is 17.9. The Labute approximate surface area is 161 Å². The summed E-state index contributed by atoms with van der Waals surface area (Å²) < 4.78 is 8.21. The normalized spacial score (nSPS) is 12.4. The number of hydrogen-bond acceptors (Lipinski definition) is 3. The van der Waals surface area contributed by atoms with Crippen molar-refractivity contribution in [1.29, 1.82) is 0 Å². The minimum atomic E-state index is -0.363. The monoisotopic (exact) mass is 456 g/mol. The van der Waals surface area contributed by atoms with E-state index in [4.69, 9.17) is 4.74 Å². The van der Waals surface area contributed by atoms with Crippen molar-refractivity contribution in [2.45, 2.75) is 6.92 Å². The molecule has 1 radical (unpaired) electrons. The maximum atomic E-state index is 12.5. The summed E-state index contributed by atoms with van der Waals surface area (Å²) in [6.07, 6.45) is 1.80. The molecule has 0 bridgehead atoms. The number of rotatable bonds is 4. The van der Waals surface area contributed by atoms with E-state index in [9.17, 15) is 4.79 Å². The summed E-state index contributed by atoms with van der Waals surface area (Å²) in [7, 11) is 1.42. The van der Waals surface area contributed by atoms with Crippen LogP contribution in [-0.4, -0.2) is 33.8 Å². The van der Waals surface area contributed by atoms with Gasteiger partial charge in [0.25, 0.3) is 0 Å². The number of ether oxygens (including phenoxy) is 1. The van der Waals surface area contributed by atoms with Gasteiger partial charge >= 0.3 is 162 Å². The molecule has 0 aliphatic rings. The molecule has 5 heteroatoms. The van der Waals surface area contributed by atoms with Crippen molar-refractivity contribution in [2.75, 3.05) is 7.11 Å². The molecule has 3 aromatic rings. The van der Waals surface area contributed by atoms with Crippen LogP contribution in [0.5, 0.6) is 0 Å². The van der Waals surface area contributed by atoms with Crippen molar-refractivity contribution in [1.82, 2.24) is 4.98 Å². The van der Waals surface area contributed by atoms with Gasteiger partial charge in [-0.25, -0.2) is 0 Å². The van der Waals surface area contributed by atoms with Crippen LogP contribution in [0.3, 0.4) is 0 Å². The second-order valence-corrected chi connectivity index (χ2v) is 9.13. The summed E-state index contributed by atoms with van der Waals surface area (Å²) in [5.41, 5.74) is 2.47. The molecule has 0 aliphatic carbocycles. The molecule has 2 aromatic carbocycles. The van der Waals surface area contributed by atoms with Gasteiger partial charge in [-0.2, -0.15) is 0 Å². The molecule has 0 amide bonds. The average Bonchev–Trinajstić information content (AvgIpc) is 2.63. The van der Waals surface area contributed by atoms with Crippen molar-refractivity contribution < 1.29 is 9.53 Å². The van der Waals surface area contributed by atoms with Crippen molar-refractivity contribution in [3.8, 4) is 0 Å². The first-order chi connectivity index (χ1) is 12.1. The van der Waals surface area contributed by atoms with E-state index in [1.165, 1.54) is 11.5 Å². The number of nitrogens with zero attached hydrogens (tertiary/aromatic N) is 1. The fourth-order valence-corrected chi connectivity index (χ4v) is 5.55. The molecule has 0 N–H and O–H groups in total. The summed E-state index contributed by atoms with van der Waals surface area (Å²) >= 11 is 3.18. The van der Waals surface area contributed by atoms with Gasteiger partial charge in [-0.15, -0.1) is 0 Å². The fourth-order valence-electron chi connectivity index (χ4n) is 2.64. The van der Waals surface area contributed by atoms with Crippen LogP contribution in [0.25, 0.3) is 16.5 Å². The Hall–Kier alpha value is -1.90. The molecule has 0 atom stereocenters. The number of hydrogen-bond donors (Lipinski definition) is 0. The molecule has 1 heterocycles. The van der Waals surface area contributed by atoms with Crippen molar-refractivity contribution >= 4 is 58.5 Å². The number of halogens is 1. The van der Waals surface area contributed by atoms with Gasteiger partial charge in [0.2, 0.25) is 0 Å². The second kappa shape index (κ2) is 7.99. The molecule has 0 unspecified atom stereocenters. The Kier molecular flexibility index (Phi) is 5.72. The van der Waals surface area contributed by atoms with E-state index in [0.717, 1.165) is 25.3 Å². The van der Waals surface area contributed by atoms with Crippen LogP contribution in [0.2, 0.25) is 0 Å². The number of benzene rings is 2. The van der Waals surface area contributed by atoms with Crippen LogP contribution in [0.15, 0.2) is 69.6 Å². The van der Waals surface area contributed by atoms with E-state index >= 15 is 0 Å². The van der Waals surface area contributed by atoms with Crippen LogP contribution in [0.4, 0.5) is 0 Å². The van der Waals surface area contributed by atoms with Gasteiger partial charge in [0.15, 0.2) is 0 Å². The van der Waals surface area contributed by atoms with Gasteiger partial charge in [0.05, 0.1) is 0 Å². The molecule has 0 saturated heterocycles. The zero-order chi connectivity index (χ0) is 17.8. The Bertz CT molecular complexity index is 963. The van der Waals surface area contributed by atoms with E-state index in [0.29, 0.717) is 5.57 Å². The predicted octanol–water partition coefficient (Wildman–Crippen LogP) is 3.93. The van der Waals surface area contributed by atoms with E-state index in [1.54, 1.807) is 6.20 Å². The minimum absolute atomic E-state index is 0.307. The number of carbonyl (C=O) groups excluding carboxylic acids is 1. The number of aromatic nitrogens is 1. The van der Waals surface area contributed by atoms with Crippen LogP contribution < -0.4 is 4.35 Å². The Balaban J connectivity index is 2.11. The molecule has 0 saturated carbocycles. The van der Waals surface area contributed by atoms with Crippen molar-refractivity contribution in [2.24, 2.45) is 0 Å². The molecule has 125 valence electrons. The van der Waals surface area contributed by atoms with Crippen LogP contribution >= 0.6 is 15.9 Å². The fraction of sp³-hybridized carbons (Fsp3) is 0.100. The standard InChI is InChI=1S/C20H16AsBrNO2/c1-13(19(20(24)25-2)15-7-3-4-10-17(15)22)21-16-9-5-11-18-14(16)8-6-12-23-18/h3-12H,1-2H3. The summed E-state index contributed by atoms with van der Waals surface area (Å²) in [5.74, 6) is -0.307. The summed E-state index contributed by atoms with van der Waals surface area (Å²) in [4.78, 5) is 16.9. The molecular formula is C20H16AsBrNO2. The zero-order valence-electron chi connectivity index (χ0n) is 13.9. The summed E-state index contributed by atoms with van der Waals surface area (Å²) in [6.45, 7) is 2.01. The first-order valence-electron chi connectivity index (χ1n) is 7.71.